The van der Waals surface area contributed by atoms with Gasteiger partial charge in [0.05, 0.1) is 21.1 Å². The second-order valence-electron chi connectivity index (χ2n) is 6.42. The number of benzene rings is 2. The molecule has 0 radical (unpaired) electrons. The topological polar surface area (TPSA) is 105 Å². The summed E-state index contributed by atoms with van der Waals surface area (Å²) in [6, 6.07) is 5.82. The van der Waals surface area contributed by atoms with Crippen LogP contribution in [0.15, 0.2) is 41.5 Å². The zero-order chi connectivity index (χ0) is 22.3. The zero-order valence-corrected chi connectivity index (χ0v) is 15.9. The molecule has 8 nitrogen and oxygen atoms in total. The summed E-state index contributed by atoms with van der Waals surface area (Å²) in [4.78, 5) is 22.6. The molecule has 0 aromatic heterocycles. The number of hydrogen-bond acceptors (Lipinski definition) is 7. The van der Waals surface area contributed by atoms with E-state index in [0.717, 1.165) is 35.5 Å². The fraction of sp³-hybridized carbons (Fsp3) is 0.222. The van der Waals surface area contributed by atoms with Crippen LogP contribution in [-0.4, -0.2) is 40.8 Å². The van der Waals surface area contributed by atoms with Crippen molar-refractivity contribution >= 4 is 29.8 Å². The normalized spacial score (nSPS) is 21.0. The Morgan fingerprint density at radius 3 is 2.53 bits per heavy atom. The van der Waals surface area contributed by atoms with Crippen molar-refractivity contribution in [1.82, 2.24) is 5.01 Å². The number of hydrazone groups is 1. The number of aliphatic hydroxyl groups excluding tert-OH is 1. The number of hydrogen-bond donors (Lipinski definition) is 1. The number of alkyl halides is 3. The van der Waals surface area contributed by atoms with Crippen LogP contribution in [0.5, 0.6) is 11.5 Å². The predicted molar refractivity (Wildman–Crippen MR) is 99.6 cm³/mol. The molecule has 0 saturated heterocycles. The second kappa shape index (κ2) is 7.58. The van der Waals surface area contributed by atoms with E-state index in [-0.39, 0.29) is 22.1 Å². The fourth-order valence-corrected chi connectivity index (χ4v) is 3.18. The number of ether oxygens (including phenoxy) is 1. The van der Waals surface area contributed by atoms with E-state index >= 15 is 0 Å². The van der Waals surface area contributed by atoms with Gasteiger partial charge in [-0.05, 0) is 30.3 Å². The van der Waals surface area contributed by atoms with Crippen LogP contribution in [0.1, 0.15) is 11.1 Å². The fourth-order valence-electron chi connectivity index (χ4n) is 2.96. The van der Waals surface area contributed by atoms with Crippen molar-refractivity contribution in [3.63, 3.8) is 0 Å². The summed E-state index contributed by atoms with van der Waals surface area (Å²) in [5.74, 6) is -0.184. The summed E-state index contributed by atoms with van der Waals surface area (Å²) in [6.07, 6.45) is -4.72. The maximum absolute atomic E-state index is 12.8. The molecule has 2 aromatic carbocycles. The van der Waals surface area contributed by atoms with Crippen LogP contribution in [-0.2, 0) is 16.4 Å². The molecule has 2 aromatic rings. The molecule has 0 amide bonds. The first-order valence-corrected chi connectivity index (χ1v) is 8.63. The number of aliphatic hydroxyl groups is 1. The molecule has 158 valence electrons. The molecule has 1 aliphatic heterocycles. The molecule has 0 bridgehead atoms. The highest BCUT2D eigenvalue weighted by Gasteiger charge is 2.48. The number of nitrogens with zero attached hydrogens (tertiary/aromatic N) is 3. The number of rotatable bonds is 5. The minimum Gasteiger partial charge on any atom is -0.456 e. The van der Waals surface area contributed by atoms with Gasteiger partial charge in [-0.1, -0.05) is 11.6 Å². The lowest BCUT2D eigenvalue weighted by molar-refractivity contribution is -0.386. The maximum Gasteiger partial charge on any atom is 0.416 e. The number of likely N-dealkylation sites (N-methyl/N-ethyl adjacent to an activating group) is 1. The van der Waals surface area contributed by atoms with Crippen LogP contribution in [0.3, 0.4) is 0 Å². The highest BCUT2D eigenvalue weighted by atomic mass is 35.5. The Morgan fingerprint density at radius 1 is 1.33 bits per heavy atom. The molecule has 0 spiro atoms. The van der Waals surface area contributed by atoms with Gasteiger partial charge in [0.1, 0.15) is 23.2 Å². The Labute approximate surface area is 172 Å². The summed E-state index contributed by atoms with van der Waals surface area (Å²) < 4.78 is 43.8. The number of nitro groups is 1. The predicted octanol–water partition coefficient (Wildman–Crippen LogP) is 3.75. The molecule has 2 atom stereocenters. The first-order chi connectivity index (χ1) is 14.0. The first kappa shape index (κ1) is 21.5. The molecule has 2 unspecified atom stereocenters. The van der Waals surface area contributed by atoms with Gasteiger partial charge in [0.2, 0.25) is 0 Å². The third kappa shape index (κ3) is 3.68. The molecular weight excluding hydrogens is 431 g/mol. The van der Waals surface area contributed by atoms with E-state index < -0.39 is 34.0 Å². The average Bonchev–Trinajstić information content (AvgIpc) is 2.97. The largest absolute Gasteiger partial charge is 0.456 e. The monoisotopic (exact) mass is 443 g/mol. The molecule has 1 heterocycles. The smallest absolute Gasteiger partial charge is 0.416 e. The van der Waals surface area contributed by atoms with Crippen molar-refractivity contribution in [1.29, 1.82) is 0 Å². The molecule has 1 N–H and O–H groups in total. The van der Waals surface area contributed by atoms with Gasteiger partial charge in [-0.15, -0.1) is 0 Å². The van der Waals surface area contributed by atoms with Crippen molar-refractivity contribution in [2.45, 2.75) is 17.8 Å². The van der Waals surface area contributed by atoms with Crippen molar-refractivity contribution in [3.05, 3.63) is 62.7 Å². The summed E-state index contributed by atoms with van der Waals surface area (Å²) in [5, 5.41) is 26.4. The Morgan fingerprint density at radius 2 is 2.03 bits per heavy atom. The van der Waals surface area contributed by atoms with Crippen molar-refractivity contribution in [2.24, 2.45) is 5.10 Å². The highest BCUT2D eigenvalue weighted by molar-refractivity contribution is 6.32. The van der Waals surface area contributed by atoms with Crippen LogP contribution in [0.25, 0.3) is 0 Å². The van der Waals surface area contributed by atoms with Crippen molar-refractivity contribution in [3.8, 4) is 11.5 Å². The van der Waals surface area contributed by atoms with Crippen LogP contribution < -0.4 is 4.74 Å². The number of carbonyl (C=O) groups excluding carboxylic acids is 1. The van der Waals surface area contributed by atoms with Gasteiger partial charge in [-0.3, -0.25) is 15.1 Å². The van der Waals surface area contributed by atoms with Gasteiger partial charge in [-0.2, -0.15) is 18.3 Å². The lowest BCUT2D eigenvalue weighted by Crippen LogP contribution is -2.45. The summed E-state index contributed by atoms with van der Waals surface area (Å²) >= 11 is 5.87. The SMILES string of the molecule is CN1N=CC(C=O)(c2cc(Oc3ccc(C(F)(F)F)cc3Cl)ccc2[N+](=O)[O-])C1O. The molecule has 0 aliphatic carbocycles. The Bertz CT molecular complexity index is 1050. The van der Waals surface area contributed by atoms with Gasteiger partial charge in [0, 0.05) is 19.3 Å². The molecule has 12 heteroatoms. The Balaban J connectivity index is 2.05. The van der Waals surface area contributed by atoms with Crippen LogP contribution in [0, 0.1) is 10.1 Å². The third-order valence-corrected chi connectivity index (χ3v) is 4.84. The van der Waals surface area contributed by atoms with Crippen LogP contribution in [0.4, 0.5) is 18.9 Å². The third-order valence-electron chi connectivity index (χ3n) is 4.55. The van der Waals surface area contributed by atoms with Crippen molar-refractivity contribution < 1.29 is 32.7 Å². The molecule has 3 rings (SSSR count). The van der Waals surface area contributed by atoms with E-state index in [1.54, 1.807) is 0 Å². The average molecular weight is 444 g/mol. The van der Waals surface area contributed by atoms with E-state index in [4.69, 9.17) is 16.3 Å². The van der Waals surface area contributed by atoms with Gasteiger partial charge < -0.3 is 14.6 Å². The van der Waals surface area contributed by atoms with Gasteiger partial charge >= 0.3 is 6.18 Å². The highest BCUT2D eigenvalue weighted by Crippen LogP contribution is 2.41. The van der Waals surface area contributed by atoms with Crippen LogP contribution in [0.2, 0.25) is 5.02 Å². The van der Waals surface area contributed by atoms with E-state index in [2.05, 4.69) is 5.10 Å². The quantitative estimate of drug-likeness (QED) is 0.428. The standard InChI is InChI=1S/C18H13ClF3N3O5/c1-24-16(27)17(9-26,8-23-24)12-7-11(3-4-14(12)25(28)29)30-15-5-2-10(6-13(15)19)18(20,21)22/h2-9,16,27H,1H3. The minimum atomic E-state index is -4.59. The van der Waals surface area contributed by atoms with Gasteiger partial charge in [0.15, 0.2) is 6.23 Å². The lowest BCUT2D eigenvalue weighted by Gasteiger charge is -2.27. The summed E-state index contributed by atoms with van der Waals surface area (Å²) in [7, 11) is 1.38. The summed E-state index contributed by atoms with van der Waals surface area (Å²) in [5.41, 5.74) is -3.50. The number of carbonyl (C=O) groups is 1. The van der Waals surface area contributed by atoms with E-state index in [9.17, 15) is 33.2 Å². The number of aldehydes is 1. The Kier molecular flexibility index (Phi) is 5.44. The number of halogens is 4. The van der Waals surface area contributed by atoms with Crippen molar-refractivity contribution in [2.75, 3.05) is 7.05 Å². The lowest BCUT2D eigenvalue weighted by atomic mass is 9.80. The zero-order valence-electron chi connectivity index (χ0n) is 15.1. The van der Waals surface area contributed by atoms with Crippen LogP contribution >= 0.6 is 11.6 Å². The Hall–Kier alpha value is -3.18. The second-order valence-corrected chi connectivity index (χ2v) is 6.83. The molecule has 0 fully saturated rings. The van der Waals surface area contributed by atoms with E-state index in [1.165, 1.54) is 13.1 Å². The number of nitro benzene ring substituents is 1. The molecule has 1 aliphatic rings. The van der Waals surface area contributed by atoms with Gasteiger partial charge in [-0.25, -0.2) is 0 Å². The van der Waals surface area contributed by atoms with Gasteiger partial charge in [0.25, 0.3) is 5.69 Å². The van der Waals surface area contributed by atoms with E-state index in [0.29, 0.717) is 12.4 Å². The maximum atomic E-state index is 12.8. The molecule has 30 heavy (non-hydrogen) atoms. The van der Waals surface area contributed by atoms with E-state index in [1.807, 2.05) is 0 Å². The first-order valence-electron chi connectivity index (χ1n) is 8.25. The minimum absolute atomic E-state index is 0.0476. The molecular formula is C18H13ClF3N3O5. The summed E-state index contributed by atoms with van der Waals surface area (Å²) in [6.45, 7) is 0. The molecule has 0 saturated carbocycles.